The van der Waals surface area contributed by atoms with E-state index in [1.807, 2.05) is 22.6 Å². The number of halogens is 1. The Morgan fingerprint density at radius 3 is 2.38 bits per heavy atom. The molecule has 0 N–H and O–H groups in total. The molecule has 0 bridgehead atoms. The van der Waals surface area contributed by atoms with Crippen LogP contribution in [0.3, 0.4) is 0 Å². The van der Waals surface area contributed by atoms with Crippen molar-refractivity contribution in [2.24, 2.45) is 0 Å². The van der Waals surface area contributed by atoms with Crippen LogP contribution in [-0.4, -0.2) is 24.8 Å². The largest absolute Gasteiger partial charge is 0.514 e. The highest BCUT2D eigenvalue weighted by atomic mass is 127. The molecule has 0 radical (unpaired) electrons. The highest BCUT2D eigenvalue weighted by Gasteiger charge is 2.19. The molecule has 0 aliphatic heterocycles. The van der Waals surface area contributed by atoms with Crippen molar-refractivity contribution in [1.82, 2.24) is 4.98 Å². The summed E-state index contributed by atoms with van der Waals surface area (Å²) < 4.78 is 10.8. The van der Waals surface area contributed by atoms with Gasteiger partial charge >= 0.3 is 6.16 Å². The second kappa shape index (κ2) is 6.79. The molecule has 1 heterocycles. The third-order valence-electron chi connectivity index (χ3n) is 1.96. The van der Waals surface area contributed by atoms with Gasteiger partial charge in [-0.3, -0.25) is 0 Å². The van der Waals surface area contributed by atoms with Crippen LogP contribution in [0.4, 0.5) is 4.79 Å². The fourth-order valence-corrected chi connectivity index (χ4v) is 2.23. The first-order valence-corrected chi connectivity index (χ1v) is 11.1. The molecule has 4 nitrogen and oxygen atoms in total. The van der Waals surface area contributed by atoms with E-state index in [-0.39, 0.29) is 0 Å². The van der Waals surface area contributed by atoms with E-state index in [2.05, 4.69) is 36.1 Å². The first-order chi connectivity index (χ1) is 9.46. The highest BCUT2D eigenvalue weighted by molar-refractivity contribution is 14.1. The minimum atomic E-state index is -1.43. The number of carbonyl (C=O) groups is 1. The number of pyridine rings is 1. The summed E-state index contributed by atoms with van der Waals surface area (Å²) in [6.45, 7) is 11.9. The summed E-state index contributed by atoms with van der Waals surface area (Å²) in [6.07, 6.45) is -0.733. The third kappa shape index (κ3) is 7.48. The summed E-state index contributed by atoms with van der Waals surface area (Å²) in [5.41, 5.74) is 3.34. The maximum Gasteiger partial charge on any atom is 0.514 e. The van der Waals surface area contributed by atoms with E-state index in [1.165, 1.54) is 0 Å². The third-order valence-corrected chi connectivity index (χ3v) is 3.61. The summed E-state index contributed by atoms with van der Waals surface area (Å²) >= 11 is 2.02. The summed E-state index contributed by atoms with van der Waals surface area (Å²) in [5, 5.41) is 0. The molecule has 0 aromatic carbocycles. The van der Waals surface area contributed by atoms with E-state index in [0.717, 1.165) is 0 Å². The lowest BCUT2D eigenvalue weighted by Gasteiger charge is -2.18. The van der Waals surface area contributed by atoms with Crippen molar-refractivity contribution in [3.05, 3.63) is 21.5 Å². The predicted molar refractivity (Wildman–Crippen MR) is 94.0 cm³/mol. The Morgan fingerprint density at radius 2 is 1.90 bits per heavy atom. The van der Waals surface area contributed by atoms with Gasteiger partial charge in [0.25, 0.3) is 0 Å². The average molecular weight is 417 g/mol. The average Bonchev–Trinajstić information content (AvgIpc) is 2.26. The molecule has 21 heavy (non-hydrogen) atoms. The fourth-order valence-electron chi connectivity index (χ4n) is 1.18. The zero-order chi connectivity index (χ0) is 16.3. The predicted octanol–water partition coefficient (Wildman–Crippen LogP) is 4.23. The van der Waals surface area contributed by atoms with E-state index in [1.54, 1.807) is 32.9 Å². The number of rotatable bonds is 1. The Labute approximate surface area is 140 Å². The van der Waals surface area contributed by atoms with Gasteiger partial charge in [-0.1, -0.05) is 25.6 Å². The van der Waals surface area contributed by atoms with Gasteiger partial charge in [-0.15, -0.1) is 5.54 Å². The van der Waals surface area contributed by atoms with Crippen molar-refractivity contribution in [3.8, 4) is 17.2 Å². The van der Waals surface area contributed by atoms with Gasteiger partial charge in [0.05, 0.1) is 0 Å². The van der Waals surface area contributed by atoms with Crippen LogP contribution in [0.15, 0.2) is 12.1 Å². The highest BCUT2D eigenvalue weighted by Crippen LogP contribution is 2.20. The number of hydrogen-bond donors (Lipinski definition) is 0. The van der Waals surface area contributed by atoms with Crippen LogP contribution < -0.4 is 4.74 Å². The smallest absolute Gasteiger partial charge is 0.428 e. The minimum absolute atomic E-state index is 0.378. The van der Waals surface area contributed by atoms with Crippen LogP contribution in [-0.2, 0) is 4.74 Å². The first-order valence-electron chi connectivity index (χ1n) is 6.57. The molecule has 114 valence electrons. The minimum Gasteiger partial charge on any atom is -0.428 e. The van der Waals surface area contributed by atoms with Crippen molar-refractivity contribution >= 4 is 36.8 Å². The standard InChI is InChI=1S/C15H20INO3Si/c1-15(2,3)20-14(18)19-12-8-7-11(17-13(12)16)9-10-21(4,5)6/h7-8H,1-6H3. The van der Waals surface area contributed by atoms with Gasteiger partial charge in [-0.25, -0.2) is 9.78 Å². The zero-order valence-electron chi connectivity index (χ0n) is 13.2. The van der Waals surface area contributed by atoms with Gasteiger partial charge in [0.2, 0.25) is 0 Å². The van der Waals surface area contributed by atoms with Gasteiger partial charge in [-0.05, 0) is 55.5 Å². The molecule has 1 rings (SSSR count). The molecular formula is C15H20INO3Si. The van der Waals surface area contributed by atoms with Crippen LogP contribution in [0.25, 0.3) is 0 Å². The van der Waals surface area contributed by atoms with Crippen LogP contribution >= 0.6 is 22.6 Å². The monoisotopic (exact) mass is 417 g/mol. The Hall–Kier alpha value is -1.07. The molecule has 0 aliphatic carbocycles. The molecule has 0 fully saturated rings. The number of hydrogen-bond acceptors (Lipinski definition) is 4. The normalized spacial score (nSPS) is 11.4. The Balaban J connectivity index is 2.84. The Morgan fingerprint density at radius 1 is 1.29 bits per heavy atom. The van der Waals surface area contributed by atoms with E-state index in [4.69, 9.17) is 9.47 Å². The first kappa shape index (κ1) is 18.0. The van der Waals surface area contributed by atoms with Crippen molar-refractivity contribution in [3.63, 3.8) is 0 Å². The second-order valence-corrected chi connectivity index (χ2v) is 12.3. The van der Waals surface area contributed by atoms with Gasteiger partial charge < -0.3 is 9.47 Å². The Kier molecular flexibility index (Phi) is 5.81. The zero-order valence-corrected chi connectivity index (χ0v) is 16.4. The number of ether oxygens (including phenoxy) is 2. The van der Waals surface area contributed by atoms with E-state index >= 15 is 0 Å². The van der Waals surface area contributed by atoms with Crippen LogP contribution in [0.5, 0.6) is 5.75 Å². The molecule has 0 amide bonds. The summed E-state index contributed by atoms with van der Waals surface area (Å²) in [5.74, 6) is 3.45. The summed E-state index contributed by atoms with van der Waals surface area (Å²) in [6, 6.07) is 3.43. The van der Waals surface area contributed by atoms with Crippen molar-refractivity contribution < 1.29 is 14.3 Å². The Bertz CT molecular complexity index is 592. The molecule has 0 saturated carbocycles. The summed E-state index contributed by atoms with van der Waals surface area (Å²) in [7, 11) is -1.43. The summed E-state index contributed by atoms with van der Waals surface area (Å²) in [4.78, 5) is 16.0. The van der Waals surface area contributed by atoms with E-state index in [0.29, 0.717) is 15.1 Å². The van der Waals surface area contributed by atoms with Crippen molar-refractivity contribution in [2.45, 2.75) is 46.0 Å². The quantitative estimate of drug-likeness (QED) is 0.226. The van der Waals surface area contributed by atoms with E-state index < -0.39 is 19.8 Å². The van der Waals surface area contributed by atoms with Crippen molar-refractivity contribution in [2.75, 3.05) is 0 Å². The molecule has 6 heteroatoms. The van der Waals surface area contributed by atoms with Crippen molar-refractivity contribution in [1.29, 1.82) is 0 Å². The van der Waals surface area contributed by atoms with Crippen LogP contribution in [0.2, 0.25) is 19.6 Å². The van der Waals surface area contributed by atoms with Gasteiger partial charge in [0.15, 0.2) is 5.75 Å². The van der Waals surface area contributed by atoms with Crippen LogP contribution in [0, 0.1) is 15.2 Å². The molecule has 0 aliphatic rings. The molecule has 1 aromatic rings. The van der Waals surface area contributed by atoms with Gasteiger partial charge in [0, 0.05) is 0 Å². The van der Waals surface area contributed by atoms with E-state index in [9.17, 15) is 4.79 Å². The molecule has 0 saturated heterocycles. The fraction of sp³-hybridized carbons (Fsp3) is 0.467. The maximum absolute atomic E-state index is 11.6. The number of nitrogens with zero attached hydrogens (tertiary/aromatic N) is 1. The lowest BCUT2D eigenvalue weighted by molar-refractivity contribution is 0.0203. The molecular weight excluding hydrogens is 397 g/mol. The lowest BCUT2D eigenvalue weighted by Crippen LogP contribution is -2.26. The molecule has 1 aromatic heterocycles. The molecule has 0 unspecified atom stereocenters. The number of aromatic nitrogens is 1. The SMILES string of the molecule is CC(C)(C)OC(=O)Oc1ccc(C#C[Si](C)(C)C)nc1I. The second-order valence-electron chi connectivity index (χ2n) is 6.55. The van der Waals surface area contributed by atoms with Crippen LogP contribution in [0.1, 0.15) is 26.5 Å². The maximum atomic E-state index is 11.6. The molecule has 0 spiro atoms. The topological polar surface area (TPSA) is 48.4 Å². The molecule has 0 atom stereocenters. The van der Waals surface area contributed by atoms with Gasteiger partial charge in [0.1, 0.15) is 23.1 Å². The van der Waals surface area contributed by atoms with Gasteiger partial charge in [-0.2, -0.15) is 0 Å². The number of carbonyl (C=O) groups excluding carboxylic acids is 1. The lowest BCUT2D eigenvalue weighted by atomic mass is 10.2.